The Kier molecular flexibility index (Phi) is 17.8. The average Bonchev–Trinajstić information content (AvgIpc) is 3.43. The summed E-state index contributed by atoms with van der Waals surface area (Å²) in [6.45, 7) is 4.49. The summed E-state index contributed by atoms with van der Waals surface area (Å²) in [4.78, 5) is 12.0. The Morgan fingerprint density at radius 2 is 1.21 bits per heavy atom. The number of rotatable bonds is 21. The number of fused-ring (bicyclic) bond motifs is 1. The number of allylic oxidation sites excluding steroid dienone is 2. The van der Waals surface area contributed by atoms with E-state index in [-0.39, 0.29) is 54.7 Å². The summed E-state index contributed by atoms with van der Waals surface area (Å²) >= 11 is 1.43. The number of hydrogen-bond acceptors (Lipinski definition) is 3. The zero-order valence-electron chi connectivity index (χ0n) is 21.8. The number of Topliss-reactive ketones (excluding diaryl/α,β-unsaturated/α-hetero) is 1. The minimum absolute atomic E-state index is 0. The van der Waals surface area contributed by atoms with Crippen LogP contribution in [0.3, 0.4) is 0 Å². The molecule has 0 amide bonds. The number of thioether (sulfide) groups is 1. The van der Waals surface area contributed by atoms with Crippen molar-refractivity contribution in [1.82, 2.24) is 0 Å². The number of unbranched alkanes of at least 4 members (excludes halogenated alkanes) is 16. The van der Waals surface area contributed by atoms with Crippen molar-refractivity contribution in [3.05, 3.63) is 23.8 Å². The molecule has 4 heteroatoms. The first-order valence-electron chi connectivity index (χ1n) is 13.9. The maximum Gasteiger partial charge on any atom is 0.157 e. The zero-order valence-corrected chi connectivity index (χ0v) is 27.1. The number of carbonyl (C=O) groups is 1. The van der Waals surface area contributed by atoms with Crippen molar-refractivity contribution in [3.63, 3.8) is 0 Å². The number of aliphatic hydroxyl groups is 1. The zero-order chi connectivity index (χ0) is 23.1. The van der Waals surface area contributed by atoms with Gasteiger partial charge in [0.2, 0.25) is 0 Å². The van der Waals surface area contributed by atoms with Gasteiger partial charge in [-0.2, -0.15) is 0 Å². The SMILES string of the molecule is CCCCCCCCCCCCCCCCCC(=O)C12C=C(CCCCC)C=CC1(O)S2.[Ba]. The van der Waals surface area contributed by atoms with Crippen LogP contribution < -0.4 is 0 Å². The van der Waals surface area contributed by atoms with Crippen LogP contribution in [-0.2, 0) is 4.79 Å². The van der Waals surface area contributed by atoms with Crippen molar-refractivity contribution in [3.8, 4) is 0 Å². The van der Waals surface area contributed by atoms with Crippen LogP contribution in [0.4, 0.5) is 0 Å². The molecule has 1 aliphatic carbocycles. The van der Waals surface area contributed by atoms with Gasteiger partial charge in [0.15, 0.2) is 10.7 Å². The average molecular weight is 600 g/mol. The summed E-state index contributed by atoms with van der Waals surface area (Å²) in [5, 5.41) is 10.7. The third-order valence-electron chi connectivity index (χ3n) is 7.21. The van der Waals surface area contributed by atoms with Crippen molar-refractivity contribution < 1.29 is 9.90 Å². The Morgan fingerprint density at radius 1 is 0.758 bits per heavy atom. The van der Waals surface area contributed by atoms with Crippen molar-refractivity contribution in [2.75, 3.05) is 0 Å². The van der Waals surface area contributed by atoms with Gasteiger partial charge in [0.05, 0.1) is 0 Å². The van der Waals surface area contributed by atoms with Crippen LogP contribution >= 0.6 is 11.8 Å². The Bertz CT molecular complexity index is 602. The van der Waals surface area contributed by atoms with Crippen LogP contribution in [0.2, 0.25) is 0 Å². The summed E-state index contributed by atoms with van der Waals surface area (Å²) in [5.74, 6) is 0.233. The van der Waals surface area contributed by atoms with E-state index in [9.17, 15) is 9.90 Å². The molecular weight excluding hydrogens is 550 g/mol. The van der Waals surface area contributed by atoms with E-state index in [1.54, 1.807) is 0 Å². The van der Waals surface area contributed by atoms with E-state index in [0.29, 0.717) is 6.42 Å². The smallest absolute Gasteiger partial charge is 0.157 e. The molecule has 2 nitrogen and oxygen atoms in total. The molecule has 0 aromatic rings. The summed E-state index contributed by atoms with van der Waals surface area (Å²) < 4.78 is -0.667. The van der Waals surface area contributed by atoms with E-state index in [4.69, 9.17) is 0 Å². The Morgan fingerprint density at radius 3 is 1.73 bits per heavy atom. The number of hydrogen-bond donors (Lipinski definition) is 1. The second-order valence-corrected chi connectivity index (χ2v) is 11.6. The van der Waals surface area contributed by atoms with Gasteiger partial charge in [-0.1, -0.05) is 146 Å². The summed E-state index contributed by atoms with van der Waals surface area (Å²) in [6.07, 6.45) is 31.3. The van der Waals surface area contributed by atoms with Gasteiger partial charge < -0.3 is 5.11 Å². The van der Waals surface area contributed by atoms with Crippen LogP contribution in [0.25, 0.3) is 0 Å². The van der Waals surface area contributed by atoms with E-state index in [2.05, 4.69) is 19.9 Å². The van der Waals surface area contributed by atoms with Gasteiger partial charge >= 0.3 is 0 Å². The maximum atomic E-state index is 12.9. The van der Waals surface area contributed by atoms with Gasteiger partial charge in [0.25, 0.3) is 0 Å². The van der Waals surface area contributed by atoms with Crippen LogP contribution in [0.15, 0.2) is 23.8 Å². The van der Waals surface area contributed by atoms with Gasteiger partial charge in [0, 0.05) is 55.3 Å². The molecule has 1 heterocycles. The fourth-order valence-electron chi connectivity index (χ4n) is 4.95. The van der Waals surface area contributed by atoms with Crippen LogP contribution in [-0.4, -0.2) is 69.5 Å². The van der Waals surface area contributed by atoms with Gasteiger partial charge in [-0.15, -0.1) is 0 Å². The molecule has 0 aromatic heterocycles. The maximum absolute atomic E-state index is 12.9. The predicted octanol–water partition coefficient (Wildman–Crippen LogP) is 8.69. The molecule has 2 aliphatic rings. The van der Waals surface area contributed by atoms with E-state index in [1.807, 2.05) is 12.2 Å². The fraction of sp³-hybridized carbons (Fsp3) is 0.828. The van der Waals surface area contributed by atoms with Crippen molar-refractivity contribution in [1.29, 1.82) is 0 Å². The molecule has 2 atom stereocenters. The molecule has 1 N–H and O–H groups in total. The molecule has 0 spiro atoms. The van der Waals surface area contributed by atoms with E-state index < -0.39 is 9.68 Å². The Balaban J connectivity index is 0.00000544. The van der Waals surface area contributed by atoms with Crippen molar-refractivity contribution >= 4 is 66.4 Å². The topological polar surface area (TPSA) is 37.3 Å². The molecule has 2 rings (SSSR count). The number of ketones is 1. The monoisotopic (exact) mass is 600 g/mol. The minimum atomic E-state index is -0.964. The quantitative estimate of drug-likeness (QED) is 0.0815. The molecule has 1 aliphatic heterocycles. The molecule has 186 valence electrons. The second-order valence-electron chi connectivity index (χ2n) is 10.2. The van der Waals surface area contributed by atoms with Crippen molar-refractivity contribution in [2.45, 2.75) is 152 Å². The van der Waals surface area contributed by atoms with Crippen LogP contribution in [0, 0.1) is 0 Å². The van der Waals surface area contributed by atoms with Gasteiger partial charge in [-0.05, 0) is 25.3 Å². The van der Waals surface area contributed by atoms with E-state index in [0.717, 1.165) is 19.3 Å². The Labute approximate surface area is 249 Å². The largest absolute Gasteiger partial charge is 0.374 e. The first-order valence-corrected chi connectivity index (χ1v) is 14.8. The molecule has 1 fully saturated rings. The van der Waals surface area contributed by atoms with Gasteiger partial charge in [-0.3, -0.25) is 4.79 Å². The standard InChI is InChI=1S/C29H50O2S.Ba/c1-3-5-7-8-9-10-11-12-13-14-15-16-17-18-20-22-27(30)28-25-26(21-19-6-4-2)23-24-29(28,31)32-28;/h23-25,31H,3-22H2,1-2H3;. The third kappa shape index (κ3) is 11.3. The summed E-state index contributed by atoms with van der Waals surface area (Å²) in [5.41, 5.74) is 1.23. The van der Waals surface area contributed by atoms with Gasteiger partial charge in [-0.25, -0.2) is 0 Å². The van der Waals surface area contributed by atoms with E-state index >= 15 is 0 Å². The second kappa shape index (κ2) is 18.3. The molecule has 0 bridgehead atoms. The molecule has 1 saturated heterocycles. The molecule has 0 aromatic carbocycles. The third-order valence-corrected chi connectivity index (χ3v) is 8.75. The van der Waals surface area contributed by atoms with Crippen LogP contribution in [0.5, 0.6) is 0 Å². The minimum Gasteiger partial charge on any atom is -0.374 e. The molecule has 2 radical (unpaired) electrons. The Hall–Kier alpha value is 1.03. The molecule has 2 unspecified atom stereocenters. The molecule has 33 heavy (non-hydrogen) atoms. The van der Waals surface area contributed by atoms with E-state index in [1.165, 1.54) is 120 Å². The summed E-state index contributed by atoms with van der Waals surface area (Å²) in [7, 11) is 0. The number of carbonyl (C=O) groups excluding carboxylic acids is 1. The molecule has 0 saturated carbocycles. The fourth-order valence-corrected chi connectivity index (χ4v) is 6.20. The van der Waals surface area contributed by atoms with Gasteiger partial charge in [0.1, 0.15) is 4.75 Å². The predicted molar refractivity (Wildman–Crippen MR) is 147 cm³/mol. The normalized spacial score (nSPS) is 23.1. The first kappa shape index (κ1) is 32.1. The first-order chi connectivity index (χ1) is 15.6. The van der Waals surface area contributed by atoms with Crippen LogP contribution in [0.1, 0.15) is 142 Å². The summed E-state index contributed by atoms with van der Waals surface area (Å²) in [6, 6.07) is 0. The van der Waals surface area contributed by atoms with Crippen molar-refractivity contribution in [2.24, 2.45) is 0 Å². The molecular formula is C29H50BaO2S.